The minimum atomic E-state index is -4.18. The Bertz CT molecular complexity index is 1270. The molecule has 10 heteroatoms. The molecule has 3 aromatic rings. The van der Waals surface area contributed by atoms with Crippen molar-refractivity contribution in [3.63, 3.8) is 0 Å². The van der Waals surface area contributed by atoms with E-state index in [2.05, 4.69) is 9.71 Å². The first-order valence-corrected chi connectivity index (χ1v) is 11.5. The van der Waals surface area contributed by atoms with E-state index in [0.717, 1.165) is 0 Å². The summed E-state index contributed by atoms with van der Waals surface area (Å²) < 4.78 is 39.3. The number of sulfonamides is 1. The van der Waals surface area contributed by atoms with Gasteiger partial charge in [0.15, 0.2) is 0 Å². The summed E-state index contributed by atoms with van der Waals surface area (Å²) in [7, 11) is -1.37. The Morgan fingerprint density at radius 3 is 2.29 bits per heavy atom. The predicted molar refractivity (Wildman–Crippen MR) is 118 cm³/mol. The van der Waals surface area contributed by atoms with Crippen LogP contribution in [0, 0.1) is 0 Å². The number of nitrogens with one attached hydrogen (secondary N) is 1. The van der Waals surface area contributed by atoms with Gasteiger partial charge in [-0.05, 0) is 43.2 Å². The fourth-order valence-electron chi connectivity index (χ4n) is 3.72. The number of amides is 1. The van der Waals surface area contributed by atoms with Gasteiger partial charge in [-0.1, -0.05) is 29.3 Å². The molecule has 0 unspecified atom stereocenters. The highest BCUT2D eigenvalue weighted by molar-refractivity contribution is 7.90. The lowest BCUT2D eigenvalue weighted by Gasteiger charge is -2.23. The number of carbonyl (C=O) groups is 1. The van der Waals surface area contributed by atoms with Crippen molar-refractivity contribution in [3.05, 3.63) is 58.2 Å². The van der Waals surface area contributed by atoms with Gasteiger partial charge in [0.1, 0.15) is 11.5 Å². The number of nitrogens with zero attached hydrogens (tertiary/aromatic N) is 1. The summed E-state index contributed by atoms with van der Waals surface area (Å²) in [5.41, 5.74) is -0.354. The molecule has 0 atom stereocenters. The summed E-state index contributed by atoms with van der Waals surface area (Å²) in [6, 6.07) is 9.42. The molecule has 0 spiro atoms. The lowest BCUT2D eigenvalue weighted by molar-refractivity contribution is -0.121. The highest BCUT2D eigenvalue weighted by Gasteiger charge is 2.56. The number of rotatable bonds is 6. The van der Waals surface area contributed by atoms with Crippen LogP contribution >= 0.6 is 23.2 Å². The fraction of sp³-hybridized carbons (Fsp3) is 0.238. The summed E-state index contributed by atoms with van der Waals surface area (Å²) >= 11 is 12.5. The highest BCUT2D eigenvalue weighted by atomic mass is 35.5. The van der Waals surface area contributed by atoms with Crippen LogP contribution in [0.25, 0.3) is 10.9 Å². The van der Waals surface area contributed by atoms with E-state index in [1.54, 1.807) is 30.5 Å². The predicted octanol–water partition coefficient (Wildman–Crippen LogP) is 4.10. The molecule has 1 heterocycles. The standard InChI is InChI=1S/C21H18Cl2N2O5S/c1-29-18-13(22)11-14(23)19(30-2)17(18)21(8-9-21)20(26)25-31(27,28)16-7-3-6-15-12(16)5-4-10-24-15/h3-7,10-11H,8-9H2,1-2H3,(H,25,26). The van der Waals surface area contributed by atoms with Gasteiger partial charge >= 0.3 is 0 Å². The Kier molecular flexibility index (Phi) is 5.49. The molecule has 0 bridgehead atoms. The van der Waals surface area contributed by atoms with E-state index in [9.17, 15) is 13.2 Å². The summed E-state index contributed by atoms with van der Waals surface area (Å²) in [5, 5.41) is 0.812. The first-order chi connectivity index (χ1) is 14.7. The minimum absolute atomic E-state index is 0.0368. The van der Waals surface area contributed by atoms with E-state index < -0.39 is 21.3 Å². The molecule has 1 aliphatic rings. The number of ether oxygens (including phenoxy) is 2. The number of aromatic nitrogens is 1. The fourth-order valence-corrected chi connectivity index (χ4v) is 5.60. The summed E-state index contributed by atoms with van der Waals surface area (Å²) in [6.07, 6.45) is 2.33. The van der Waals surface area contributed by atoms with Crippen LogP contribution in [-0.2, 0) is 20.2 Å². The first-order valence-electron chi connectivity index (χ1n) is 9.26. The third-order valence-electron chi connectivity index (χ3n) is 5.34. The van der Waals surface area contributed by atoms with Crippen LogP contribution in [-0.4, -0.2) is 33.5 Å². The van der Waals surface area contributed by atoms with Crippen molar-refractivity contribution in [3.8, 4) is 11.5 Å². The largest absolute Gasteiger partial charge is 0.495 e. The zero-order valence-corrected chi connectivity index (χ0v) is 18.9. The van der Waals surface area contributed by atoms with Gasteiger partial charge in [0.25, 0.3) is 10.0 Å². The van der Waals surface area contributed by atoms with Gasteiger partial charge in [0, 0.05) is 11.6 Å². The molecule has 7 nitrogen and oxygen atoms in total. The average Bonchev–Trinajstić information content (AvgIpc) is 3.54. The maximum atomic E-state index is 13.3. The van der Waals surface area contributed by atoms with Crippen molar-refractivity contribution < 1.29 is 22.7 Å². The van der Waals surface area contributed by atoms with E-state index in [-0.39, 0.29) is 26.4 Å². The quantitative estimate of drug-likeness (QED) is 0.570. The maximum absolute atomic E-state index is 13.3. The van der Waals surface area contributed by atoms with Crippen molar-refractivity contribution >= 4 is 50.0 Å². The number of methoxy groups -OCH3 is 2. The van der Waals surface area contributed by atoms with Gasteiger partial charge in [0.2, 0.25) is 5.91 Å². The van der Waals surface area contributed by atoms with Crippen LogP contribution in [0.2, 0.25) is 10.0 Å². The van der Waals surface area contributed by atoms with Gasteiger partial charge in [-0.15, -0.1) is 0 Å². The van der Waals surface area contributed by atoms with Crippen molar-refractivity contribution in [1.29, 1.82) is 0 Å². The zero-order chi connectivity index (χ0) is 22.4. The lowest BCUT2D eigenvalue weighted by Crippen LogP contribution is -2.39. The van der Waals surface area contributed by atoms with E-state index in [1.807, 2.05) is 0 Å². The Morgan fingerprint density at radius 2 is 1.71 bits per heavy atom. The van der Waals surface area contributed by atoms with Gasteiger partial charge in [-0.2, -0.15) is 0 Å². The topological polar surface area (TPSA) is 94.6 Å². The minimum Gasteiger partial charge on any atom is -0.495 e. The van der Waals surface area contributed by atoms with E-state index in [4.69, 9.17) is 32.7 Å². The number of fused-ring (bicyclic) bond motifs is 1. The molecular weight excluding hydrogens is 463 g/mol. The molecule has 1 aliphatic carbocycles. The smallest absolute Gasteiger partial charge is 0.264 e. The Labute approximate surface area is 189 Å². The van der Waals surface area contributed by atoms with Crippen LogP contribution < -0.4 is 14.2 Å². The van der Waals surface area contributed by atoms with E-state index in [1.165, 1.54) is 26.4 Å². The molecule has 0 radical (unpaired) electrons. The third kappa shape index (κ3) is 3.58. The molecule has 0 aliphatic heterocycles. The normalized spacial score (nSPS) is 14.8. The molecule has 2 aromatic carbocycles. The lowest BCUT2D eigenvalue weighted by atomic mass is 9.93. The van der Waals surface area contributed by atoms with Gasteiger partial charge in [0.05, 0.1) is 45.7 Å². The molecule has 1 aromatic heterocycles. The molecule has 1 fully saturated rings. The summed E-state index contributed by atoms with van der Waals surface area (Å²) in [4.78, 5) is 17.4. The molecule has 162 valence electrons. The second kappa shape index (κ2) is 7.85. The van der Waals surface area contributed by atoms with Gasteiger partial charge in [-0.3, -0.25) is 9.78 Å². The zero-order valence-electron chi connectivity index (χ0n) is 16.6. The number of hydrogen-bond donors (Lipinski definition) is 1. The summed E-state index contributed by atoms with van der Waals surface area (Å²) in [6.45, 7) is 0. The summed E-state index contributed by atoms with van der Waals surface area (Å²) in [5.74, 6) is -0.257. The monoisotopic (exact) mass is 480 g/mol. The number of pyridine rings is 1. The Morgan fingerprint density at radius 1 is 1.06 bits per heavy atom. The number of carbonyl (C=O) groups excluding carboxylic acids is 1. The second-order valence-corrected chi connectivity index (χ2v) is 9.59. The van der Waals surface area contributed by atoms with Crippen LogP contribution in [0.4, 0.5) is 0 Å². The van der Waals surface area contributed by atoms with Gasteiger partial charge < -0.3 is 9.47 Å². The SMILES string of the molecule is COc1c(Cl)cc(Cl)c(OC)c1C1(C(=O)NS(=O)(=O)c2cccc3ncccc23)CC1. The van der Waals surface area contributed by atoms with Gasteiger partial charge in [-0.25, -0.2) is 13.1 Å². The van der Waals surface area contributed by atoms with E-state index >= 15 is 0 Å². The number of halogens is 2. The highest BCUT2D eigenvalue weighted by Crippen LogP contribution is 2.58. The van der Waals surface area contributed by atoms with E-state index in [0.29, 0.717) is 29.3 Å². The third-order valence-corrected chi connectivity index (χ3v) is 7.29. The molecule has 4 rings (SSSR count). The second-order valence-electron chi connectivity index (χ2n) is 7.12. The van der Waals surface area contributed by atoms with Crippen LogP contribution in [0.15, 0.2) is 47.5 Å². The first kappa shape index (κ1) is 21.7. The van der Waals surface area contributed by atoms with Crippen LogP contribution in [0.5, 0.6) is 11.5 Å². The molecule has 0 saturated heterocycles. The average molecular weight is 481 g/mol. The maximum Gasteiger partial charge on any atom is 0.264 e. The van der Waals surface area contributed by atoms with Crippen molar-refractivity contribution in [1.82, 2.24) is 9.71 Å². The Hall–Kier alpha value is -2.55. The number of benzene rings is 2. The molecule has 1 amide bonds. The van der Waals surface area contributed by atoms with Crippen molar-refractivity contribution in [2.45, 2.75) is 23.2 Å². The number of hydrogen-bond acceptors (Lipinski definition) is 6. The Balaban J connectivity index is 1.78. The van der Waals surface area contributed by atoms with Crippen LogP contribution in [0.3, 0.4) is 0 Å². The molecular formula is C21H18Cl2N2O5S. The molecule has 1 saturated carbocycles. The molecule has 1 N–H and O–H groups in total. The van der Waals surface area contributed by atoms with Crippen molar-refractivity contribution in [2.75, 3.05) is 14.2 Å². The van der Waals surface area contributed by atoms with Crippen LogP contribution in [0.1, 0.15) is 18.4 Å². The molecule has 31 heavy (non-hydrogen) atoms. The van der Waals surface area contributed by atoms with Crippen molar-refractivity contribution in [2.24, 2.45) is 0 Å².